The van der Waals surface area contributed by atoms with Crippen LogP contribution in [0.3, 0.4) is 0 Å². The maximum absolute atomic E-state index is 14.5. The SMILES string of the molecule is N#CC1(CC(=O)[C@@H]2CCCC[C@H]2c2nc(Nc3ccc(F)cc3F)sc2-c2ccc(N3CCS(=O)(=O)CC3)cc2)CC1. The Morgan fingerprint density at radius 1 is 1.10 bits per heavy atom. The molecule has 1 saturated heterocycles. The van der Waals surface area contributed by atoms with E-state index in [4.69, 9.17) is 4.98 Å². The van der Waals surface area contributed by atoms with E-state index in [1.54, 1.807) is 0 Å². The van der Waals surface area contributed by atoms with Crippen LogP contribution in [0.1, 0.15) is 56.6 Å². The lowest BCUT2D eigenvalue weighted by molar-refractivity contribution is -0.125. The third-order valence-corrected chi connectivity index (χ3v) is 11.4. The monoisotopic (exact) mass is 610 g/mol. The molecule has 2 aromatic carbocycles. The molecular weight excluding hydrogens is 578 g/mol. The first-order valence-electron chi connectivity index (χ1n) is 14.4. The Bertz CT molecular complexity index is 1630. The molecule has 42 heavy (non-hydrogen) atoms. The number of benzene rings is 2. The topological polar surface area (TPSA) is 103 Å². The van der Waals surface area contributed by atoms with Crippen molar-refractivity contribution < 1.29 is 22.0 Å². The third kappa shape index (κ3) is 6.06. The first-order chi connectivity index (χ1) is 20.2. The van der Waals surface area contributed by atoms with Gasteiger partial charge in [0.2, 0.25) is 0 Å². The zero-order chi connectivity index (χ0) is 29.5. The first-order valence-corrected chi connectivity index (χ1v) is 17.0. The van der Waals surface area contributed by atoms with Crippen LogP contribution in [0.2, 0.25) is 0 Å². The van der Waals surface area contributed by atoms with E-state index in [0.717, 1.165) is 66.4 Å². The third-order valence-electron chi connectivity index (χ3n) is 8.80. The molecule has 0 bridgehead atoms. The number of nitriles is 1. The van der Waals surface area contributed by atoms with Crippen molar-refractivity contribution in [2.24, 2.45) is 11.3 Å². The van der Waals surface area contributed by atoms with E-state index in [9.17, 15) is 27.3 Å². The van der Waals surface area contributed by atoms with Crippen molar-refractivity contribution in [2.45, 2.75) is 50.9 Å². The molecule has 0 unspecified atom stereocenters. The van der Waals surface area contributed by atoms with E-state index in [0.29, 0.717) is 18.2 Å². The Hall–Kier alpha value is -3.36. The van der Waals surface area contributed by atoms with Crippen molar-refractivity contribution in [1.29, 1.82) is 5.26 Å². The van der Waals surface area contributed by atoms with Gasteiger partial charge in [0.05, 0.1) is 39.2 Å². The largest absolute Gasteiger partial charge is 0.369 e. The van der Waals surface area contributed by atoms with Crippen LogP contribution in [0.15, 0.2) is 42.5 Å². The second-order valence-corrected chi connectivity index (χ2v) is 15.0. The van der Waals surface area contributed by atoms with Gasteiger partial charge in [0.25, 0.3) is 0 Å². The number of carbonyl (C=O) groups is 1. The maximum atomic E-state index is 14.5. The van der Waals surface area contributed by atoms with E-state index >= 15 is 0 Å². The number of anilines is 3. The second-order valence-electron chi connectivity index (χ2n) is 11.7. The number of Topliss-reactive ketones (excluding diaryl/α,β-unsaturated/α-hetero) is 1. The van der Waals surface area contributed by atoms with Gasteiger partial charge in [-0.25, -0.2) is 22.2 Å². The number of hydrogen-bond acceptors (Lipinski definition) is 8. The number of halogens is 2. The lowest BCUT2D eigenvalue weighted by Crippen LogP contribution is -2.40. The van der Waals surface area contributed by atoms with Gasteiger partial charge in [-0.1, -0.05) is 36.3 Å². The fourth-order valence-corrected chi connectivity index (χ4v) is 8.39. The van der Waals surface area contributed by atoms with Crippen LogP contribution in [0, 0.1) is 34.3 Å². The Morgan fingerprint density at radius 2 is 1.81 bits per heavy atom. The van der Waals surface area contributed by atoms with Crippen molar-refractivity contribution in [1.82, 2.24) is 4.98 Å². The van der Waals surface area contributed by atoms with Crippen molar-refractivity contribution in [2.75, 3.05) is 34.8 Å². The Labute approximate surface area is 248 Å². The van der Waals surface area contributed by atoms with E-state index in [2.05, 4.69) is 16.3 Å². The molecule has 1 aliphatic heterocycles. The molecule has 3 aromatic rings. The van der Waals surface area contributed by atoms with E-state index in [-0.39, 0.29) is 41.2 Å². The van der Waals surface area contributed by atoms with Crippen LogP contribution in [-0.2, 0) is 14.6 Å². The molecular formula is C31H32F2N4O3S2. The minimum absolute atomic E-state index is 0.111. The van der Waals surface area contributed by atoms with Gasteiger partial charge in [-0.3, -0.25) is 4.79 Å². The Morgan fingerprint density at radius 3 is 2.48 bits per heavy atom. The molecule has 3 fully saturated rings. The summed E-state index contributed by atoms with van der Waals surface area (Å²) in [5.74, 6) is -1.38. The molecule has 0 amide bonds. The van der Waals surface area contributed by atoms with Crippen LogP contribution in [-0.4, -0.2) is 43.8 Å². The summed E-state index contributed by atoms with van der Waals surface area (Å²) in [6.07, 6.45) is 5.24. The standard InChI is InChI=1S/C31H32F2N4O3S2/c32-21-7-10-26(25(33)17-21)35-30-36-28(24-4-2-1-3-23(24)27(38)18-31(19-34)11-12-31)29(41-30)20-5-8-22(9-6-20)37-13-15-42(39,40)16-14-37/h5-10,17,23-24H,1-4,11-16,18H2,(H,35,36)/t23-,24-/m1/s1. The zero-order valence-electron chi connectivity index (χ0n) is 23.1. The zero-order valence-corrected chi connectivity index (χ0v) is 24.7. The van der Waals surface area contributed by atoms with Crippen LogP contribution >= 0.6 is 11.3 Å². The van der Waals surface area contributed by atoms with Gasteiger partial charge in [-0.2, -0.15) is 5.26 Å². The highest BCUT2D eigenvalue weighted by Crippen LogP contribution is 2.51. The second kappa shape index (κ2) is 11.4. The summed E-state index contributed by atoms with van der Waals surface area (Å²) in [4.78, 5) is 21.4. The van der Waals surface area contributed by atoms with E-state index in [1.165, 1.54) is 23.5 Å². The molecule has 2 saturated carbocycles. The van der Waals surface area contributed by atoms with Crippen LogP contribution in [0.5, 0.6) is 0 Å². The first kappa shape index (κ1) is 28.7. The number of sulfone groups is 1. The Kier molecular flexibility index (Phi) is 7.79. The predicted molar refractivity (Wildman–Crippen MR) is 160 cm³/mol. The van der Waals surface area contributed by atoms with Gasteiger partial charge >= 0.3 is 0 Å². The molecule has 11 heteroatoms. The fraction of sp³-hybridized carbons (Fsp3) is 0.452. The average Bonchev–Trinajstić information content (AvgIpc) is 3.63. The van der Waals surface area contributed by atoms with E-state index in [1.807, 2.05) is 24.3 Å². The number of nitrogens with zero attached hydrogens (tertiary/aromatic N) is 3. The highest BCUT2D eigenvalue weighted by molar-refractivity contribution is 7.91. The molecule has 0 radical (unpaired) electrons. The van der Waals surface area contributed by atoms with Gasteiger partial charge in [0, 0.05) is 43.1 Å². The summed E-state index contributed by atoms with van der Waals surface area (Å²) in [6.45, 7) is 0.891. The van der Waals surface area contributed by atoms with Gasteiger partial charge in [-0.15, -0.1) is 0 Å². The van der Waals surface area contributed by atoms with Gasteiger partial charge in [-0.05, 0) is 55.5 Å². The number of hydrogen-bond donors (Lipinski definition) is 1. The molecule has 6 rings (SSSR count). The summed E-state index contributed by atoms with van der Waals surface area (Å²) in [5, 5.41) is 13.1. The summed E-state index contributed by atoms with van der Waals surface area (Å²) in [7, 11) is -2.99. The molecule has 3 aliphatic rings. The molecule has 0 spiro atoms. The number of rotatable bonds is 8. The quantitative estimate of drug-likeness (QED) is 0.306. The van der Waals surface area contributed by atoms with Crippen molar-refractivity contribution in [3.05, 3.63) is 59.8 Å². The van der Waals surface area contributed by atoms with Gasteiger partial charge in [0.1, 0.15) is 17.4 Å². The average molecular weight is 611 g/mol. The number of thiazole rings is 1. The molecule has 1 aromatic heterocycles. The van der Waals surface area contributed by atoms with Gasteiger partial charge < -0.3 is 10.2 Å². The highest BCUT2D eigenvalue weighted by atomic mass is 32.2. The summed E-state index contributed by atoms with van der Waals surface area (Å²) >= 11 is 1.36. The molecule has 2 heterocycles. The van der Waals surface area contributed by atoms with Crippen LogP contribution < -0.4 is 10.2 Å². The normalized spacial score (nSPS) is 22.7. The highest BCUT2D eigenvalue weighted by Gasteiger charge is 2.47. The van der Waals surface area contributed by atoms with Crippen molar-refractivity contribution in [3.8, 4) is 16.5 Å². The van der Waals surface area contributed by atoms with Crippen molar-refractivity contribution >= 4 is 43.5 Å². The number of nitrogens with one attached hydrogen (secondary N) is 1. The maximum Gasteiger partial charge on any atom is 0.188 e. The van der Waals surface area contributed by atoms with Crippen LogP contribution in [0.4, 0.5) is 25.3 Å². The number of ketones is 1. The van der Waals surface area contributed by atoms with E-state index < -0.39 is 26.9 Å². The smallest absolute Gasteiger partial charge is 0.188 e. The lowest BCUT2D eigenvalue weighted by atomic mass is 9.73. The van der Waals surface area contributed by atoms with Gasteiger partial charge in [0.15, 0.2) is 15.0 Å². The molecule has 7 nitrogen and oxygen atoms in total. The molecule has 220 valence electrons. The fourth-order valence-electron chi connectivity index (χ4n) is 6.13. The Balaban J connectivity index is 1.33. The molecule has 1 N–H and O–H groups in total. The molecule has 2 atom stereocenters. The van der Waals surface area contributed by atoms with Crippen LogP contribution in [0.25, 0.3) is 10.4 Å². The summed E-state index contributed by atoms with van der Waals surface area (Å²) < 4.78 is 51.8. The number of carbonyl (C=O) groups excluding carboxylic acids is 1. The lowest BCUT2D eigenvalue weighted by Gasteiger charge is -2.31. The number of aromatic nitrogens is 1. The van der Waals surface area contributed by atoms with Crippen molar-refractivity contribution in [3.63, 3.8) is 0 Å². The summed E-state index contributed by atoms with van der Waals surface area (Å²) in [5.41, 5.74) is 2.21. The molecule has 2 aliphatic carbocycles. The predicted octanol–water partition coefficient (Wildman–Crippen LogP) is 6.60. The minimum Gasteiger partial charge on any atom is -0.369 e. The minimum atomic E-state index is -2.99. The summed E-state index contributed by atoms with van der Waals surface area (Å²) in [6, 6.07) is 13.6.